The summed E-state index contributed by atoms with van der Waals surface area (Å²) in [6, 6.07) is 16.8. The van der Waals surface area contributed by atoms with Gasteiger partial charge in [-0.2, -0.15) is 5.26 Å². The molecule has 2 heteroatoms. The van der Waals surface area contributed by atoms with Crippen LogP contribution in [0.1, 0.15) is 28.7 Å². The number of rotatable bonds is 2. The number of hydrogen-bond acceptors (Lipinski definition) is 2. The Labute approximate surface area is 120 Å². The minimum absolute atomic E-state index is 0.739. The van der Waals surface area contributed by atoms with E-state index in [9.17, 15) is 0 Å². The highest BCUT2D eigenvalue weighted by Gasteiger charge is 2.16. The number of benzene rings is 2. The number of fused-ring (bicyclic) bond motifs is 1. The van der Waals surface area contributed by atoms with Gasteiger partial charge in [-0.15, -0.1) is 0 Å². The molecule has 0 aromatic heterocycles. The molecule has 0 fully saturated rings. The fraction of sp³-hybridized carbons (Fsp3) is 0.278. The summed E-state index contributed by atoms with van der Waals surface area (Å²) in [7, 11) is 0. The molecule has 20 heavy (non-hydrogen) atoms. The molecule has 2 nitrogen and oxygen atoms in total. The Morgan fingerprint density at radius 2 is 2.10 bits per heavy atom. The van der Waals surface area contributed by atoms with Gasteiger partial charge in [0.2, 0.25) is 0 Å². The highest BCUT2D eigenvalue weighted by molar-refractivity contribution is 5.57. The van der Waals surface area contributed by atoms with E-state index in [0.29, 0.717) is 0 Å². The lowest BCUT2D eigenvalue weighted by atomic mass is 9.99. The quantitative estimate of drug-likeness (QED) is 0.822. The summed E-state index contributed by atoms with van der Waals surface area (Å²) in [6.45, 7) is 4.12. The molecular weight excluding hydrogens is 244 g/mol. The molecule has 1 aliphatic heterocycles. The van der Waals surface area contributed by atoms with Crippen molar-refractivity contribution in [3.05, 3.63) is 64.7 Å². The van der Waals surface area contributed by atoms with Crippen molar-refractivity contribution in [1.29, 1.82) is 5.26 Å². The Hall–Kier alpha value is -2.27. The van der Waals surface area contributed by atoms with Crippen LogP contribution in [0.2, 0.25) is 0 Å². The average molecular weight is 262 g/mol. The van der Waals surface area contributed by atoms with Crippen molar-refractivity contribution in [3.63, 3.8) is 0 Å². The normalized spacial score (nSPS) is 13.7. The molecule has 0 radical (unpaired) electrons. The molecule has 2 aromatic rings. The first-order chi connectivity index (χ1) is 9.76. The summed E-state index contributed by atoms with van der Waals surface area (Å²) in [4.78, 5) is 2.43. The van der Waals surface area contributed by atoms with E-state index in [1.165, 1.54) is 35.2 Å². The van der Waals surface area contributed by atoms with Crippen molar-refractivity contribution in [2.24, 2.45) is 0 Å². The third-order valence-corrected chi connectivity index (χ3v) is 3.88. The molecule has 0 aliphatic carbocycles. The smallest absolute Gasteiger partial charge is 0.0991 e. The van der Waals surface area contributed by atoms with Gasteiger partial charge in [0, 0.05) is 18.8 Å². The summed E-state index contributed by atoms with van der Waals surface area (Å²) in [5, 5.41) is 8.99. The van der Waals surface area contributed by atoms with Gasteiger partial charge < -0.3 is 4.90 Å². The molecule has 0 N–H and O–H groups in total. The van der Waals surface area contributed by atoms with E-state index < -0.39 is 0 Å². The number of hydrogen-bond donors (Lipinski definition) is 0. The highest BCUT2D eigenvalue weighted by Crippen LogP contribution is 2.29. The van der Waals surface area contributed by atoms with Gasteiger partial charge >= 0.3 is 0 Å². The monoisotopic (exact) mass is 262 g/mol. The zero-order chi connectivity index (χ0) is 13.9. The largest absolute Gasteiger partial charge is 0.367 e. The molecule has 2 aromatic carbocycles. The molecule has 0 bridgehead atoms. The van der Waals surface area contributed by atoms with Gasteiger partial charge in [-0.05, 0) is 49.1 Å². The van der Waals surface area contributed by atoms with Crippen molar-refractivity contribution >= 4 is 5.69 Å². The Balaban J connectivity index is 1.88. The van der Waals surface area contributed by atoms with E-state index in [2.05, 4.69) is 42.2 Å². The number of nitriles is 1. The van der Waals surface area contributed by atoms with Gasteiger partial charge in [-0.1, -0.05) is 29.8 Å². The molecule has 1 heterocycles. The van der Waals surface area contributed by atoms with Gasteiger partial charge in [0.15, 0.2) is 0 Å². The summed E-state index contributed by atoms with van der Waals surface area (Å²) < 4.78 is 0. The standard InChI is InChI=1S/C18H18N2/c1-14-7-8-18-17(10-14)6-3-9-20(18)13-16-5-2-4-15(11-16)12-19/h2,4-5,7-8,10-11H,3,6,9,13H2,1H3. The van der Waals surface area contributed by atoms with Crippen LogP contribution in [0.15, 0.2) is 42.5 Å². The maximum atomic E-state index is 8.99. The third kappa shape index (κ3) is 2.53. The number of aryl methyl sites for hydroxylation is 2. The SMILES string of the molecule is Cc1ccc2c(c1)CCCN2Cc1cccc(C#N)c1. The predicted octanol–water partition coefficient (Wildman–Crippen LogP) is 3.82. The van der Waals surface area contributed by atoms with E-state index in [0.717, 1.165) is 18.7 Å². The number of nitrogens with zero attached hydrogens (tertiary/aromatic N) is 2. The van der Waals surface area contributed by atoms with Gasteiger partial charge in [-0.3, -0.25) is 0 Å². The van der Waals surface area contributed by atoms with E-state index >= 15 is 0 Å². The second-order valence-corrected chi connectivity index (χ2v) is 5.47. The Morgan fingerprint density at radius 1 is 1.20 bits per heavy atom. The molecule has 0 saturated carbocycles. The van der Waals surface area contributed by atoms with Gasteiger partial charge in [0.25, 0.3) is 0 Å². The molecule has 0 unspecified atom stereocenters. The Bertz CT molecular complexity index is 667. The average Bonchev–Trinajstić information content (AvgIpc) is 2.47. The summed E-state index contributed by atoms with van der Waals surface area (Å²) in [5.41, 5.74) is 6.08. The Morgan fingerprint density at radius 3 is 2.95 bits per heavy atom. The minimum atomic E-state index is 0.739. The lowest BCUT2D eigenvalue weighted by molar-refractivity contribution is 0.690. The third-order valence-electron chi connectivity index (χ3n) is 3.88. The first kappa shape index (κ1) is 12.7. The molecule has 0 saturated heterocycles. The minimum Gasteiger partial charge on any atom is -0.367 e. The number of anilines is 1. The Kier molecular flexibility index (Phi) is 3.43. The van der Waals surface area contributed by atoms with E-state index in [4.69, 9.17) is 5.26 Å². The second kappa shape index (κ2) is 5.38. The van der Waals surface area contributed by atoms with Gasteiger partial charge in [-0.25, -0.2) is 0 Å². The van der Waals surface area contributed by atoms with E-state index in [-0.39, 0.29) is 0 Å². The van der Waals surface area contributed by atoms with Crippen LogP contribution >= 0.6 is 0 Å². The molecular formula is C18H18N2. The van der Waals surface area contributed by atoms with Crippen LogP contribution in [-0.2, 0) is 13.0 Å². The van der Waals surface area contributed by atoms with Gasteiger partial charge in [0.05, 0.1) is 11.6 Å². The summed E-state index contributed by atoms with van der Waals surface area (Å²) in [6.07, 6.45) is 2.38. The fourth-order valence-corrected chi connectivity index (χ4v) is 2.93. The van der Waals surface area contributed by atoms with Crippen molar-refractivity contribution in [2.45, 2.75) is 26.3 Å². The first-order valence-electron chi connectivity index (χ1n) is 7.10. The summed E-state index contributed by atoms with van der Waals surface area (Å²) in [5.74, 6) is 0. The van der Waals surface area contributed by atoms with Crippen LogP contribution in [-0.4, -0.2) is 6.54 Å². The van der Waals surface area contributed by atoms with Gasteiger partial charge in [0.1, 0.15) is 0 Å². The van der Waals surface area contributed by atoms with Crippen molar-refractivity contribution < 1.29 is 0 Å². The second-order valence-electron chi connectivity index (χ2n) is 5.47. The molecule has 0 spiro atoms. The van der Waals surface area contributed by atoms with Crippen LogP contribution in [0.4, 0.5) is 5.69 Å². The maximum Gasteiger partial charge on any atom is 0.0991 e. The molecule has 100 valence electrons. The maximum absolute atomic E-state index is 8.99. The van der Waals surface area contributed by atoms with Crippen LogP contribution in [0.25, 0.3) is 0 Å². The molecule has 0 amide bonds. The fourth-order valence-electron chi connectivity index (χ4n) is 2.93. The van der Waals surface area contributed by atoms with E-state index in [1.807, 2.05) is 18.2 Å². The molecule has 1 aliphatic rings. The first-order valence-corrected chi connectivity index (χ1v) is 7.10. The van der Waals surface area contributed by atoms with Crippen LogP contribution < -0.4 is 4.90 Å². The predicted molar refractivity (Wildman–Crippen MR) is 81.7 cm³/mol. The van der Waals surface area contributed by atoms with Crippen LogP contribution in [0, 0.1) is 18.3 Å². The van der Waals surface area contributed by atoms with Crippen molar-refractivity contribution in [2.75, 3.05) is 11.4 Å². The zero-order valence-corrected chi connectivity index (χ0v) is 11.8. The highest BCUT2D eigenvalue weighted by atomic mass is 15.1. The van der Waals surface area contributed by atoms with Crippen LogP contribution in [0.3, 0.4) is 0 Å². The topological polar surface area (TPSA) is 27.0 Å². The summed E-state index contributed by atoms with van der Waals surface area (Å²) >= 11 is 0. The molecule has 0 atom stereocenters. The van der Waals surface area contributed by atoms with Crippen molar-refractivity contribution in [3.8, 4) is 6.07 Å². The lowest BCUT2D eigenvalue weighted by Gasteiger charge is -2.31. The van der Waals surface area contributed by atoms with Crippen LogP contribution in [0.5, 0.6) is 0 Å². The zero-order valence-electron chi connectivity index (χ0n) is 11.8. The van der Waals surface area contributed by atoms with Crippen molar-refractivity contribution in [1.82, 2.24) is 0 Å². The lowest BCUT2D eigenvalue weighted by Crippen LogP contribution is -2.28. The molecule has 3 rings (SSSR count). The van der Waals surface area contributed by atoms with E-state index in [1.54, 1.807) is 0 Å².